The van der Waals surface area contributed by atoms with Crippen LogP contribution in [0, 0.1) is 17.3 Å². The minimum absolute atomic E-state index is 0.237. The summed E-state index contributed by atoms with van der Waals surface area (Å²) in [5.41, 5.74) is 1.52. The molecule has 0 amide bonds. The predicted octanol–water partition coefficient (Wildman–Crippen LogP) is 3.59. The fourth-order valence-electron chi connectivity index (χ4n) is 2.51. The SMILES string of the molecule is C=C1CCC(C)C(C)(C)C1CC(C)=O. The Morgan fingerprint density at radius 1 is 1.57 bits per heavy atom. The largest absolute Gasteiger partial charge is 0.300 e. The van der Waals surface area contributed by atoms with Gasteiger partial charge < -0.3 is 4.79 Å². The molecule has 1 aliphatic carbocycles. The van der Waals surface area contributed by atoms with E-state index < -0.39 is 0 Å². The van der Waals surface area contributed by atoms with Crippen LogP contribution in [0.2, 0.25) is 0 Å². The highest BCUT2D eigenvalue weighted by Gasteiger charge is 2.39. The Bertz CT molecular complexity index is 250. The Hall–Kier alpha value is -0.590. The Morgan fingerprint density at radius 3 is 2.64 bits per heavy atom. The molecular weight excluding hydrogens is 172 g/mol. The standard InChI is InChI=1S/C13H22O/c1-9-6-7-10(2)13(4,5)12(9)8-11(3)14/h10,12H,1,6-8H2,2-5H3. The van der Waals surface area contributed by atoms with E-state index in [0.717, 1.165) is 6.42 Å². The van der Waals surface area contributed by atoms with Crippen molar-refractivity contribution in [3.8, 4) is 0 Å². The molecule has 0 saturated heterocycles. The van der Waals surface area contributed by atoms with Crippen LogP contribution in [0.5, 0.6) is 0 Å². The van der Waals surface area contributed by atoms with Crippen molar-refractivity contribution in [1.82, 2.24) is 0 Å². The molecule has 1 heteroatoms. The molecule has 2 atom stereocenters. The summed E-state index contributed by atoms with van der Waals surface area (Å²) in [6, 6.07) is 0. The molecule has 0 radical (unpaired) electrons. The lowest BCUT2D eigenvalue weighted by Gasteiger charge is -2.45. The highest BCUT2D eigenvalue weighted by molar-refractivity contribution is 5.76. The average Bonchev–Trinajstić information content (AvgIpc) is 2.06. The first-order valence-corrected chi connectivity index (χ1v) is 5.52. The lowest BCUT2D eigenvalue weighted by molar-refractivity contribution is -0.119. The second-order valence-electron chi connectivity index (χ2n) is 5.38. The first kappa shape index (κ1) is 11.5. The highest BCUT2D eigenvalue weighted by atomic mass is 16.1. The van der Waals surface area contributed by atoms with Crippen LogP contribution in [0.15, 0.2) is 12.2 Å². The first-order chi connectivity index (χ1) is 6.35. The van der Waals surface area contributed by atoms with Gasteiger partial charge in [-0.25, -0.2) is 0 Å². The third-order valence-electron chi connectivity index (χ3n) is 4.05. The molecule has 80 valence electrons. The molecule has 0 aromatic rings. The van der Waals surface area contributed by atoms with Crippen molar-refractivity contribution < 1.29 is 4.79 Å². The number of hydrogen-bond donors (Lipinski definition) is 0. The van der Waals surface area contributed by atoms with Crippen LogP contribution in [0.1, 0.15) is 47.0 Å². The summed E-state index contributed by atoms with van der Waals surface area (Å²) in [5.74, 6) is 1.37. The Balaban J connectivity index is 2.85. The van der Waals surface area contributed by atoms with Gasteiger partial charge in [-0.15, -0.1) is 0 Å². The lowest BCUT2D eigenvalue weighted by Crippen LogP contribution is -2.37. The average molecular weight is 194 g/mol. The van der Waals surface area contributed by atoms with Crippen LogP contribution in [0.3, 0.4) is 0 Å². The number of carbonyl (C=O) groups excluding carboxylic acids is 1. The molecule has 1 nitrogen and oxygen atoms in total. The quantitative estimate of drug-likeness (QED) is 0.614. The summed E-state index contributed by atoms with van der Waals surface area (Å²) >= 11 is 0. The van der Waals surface area contributed by atoms with E-state index in [9.17, 15) is 4.79 Å². The van der Waals surface area contributed by atoms with Crippen molar-refractivity contribution >= 4 is 5.78 Å². The number of Topliss-reactive ketones (excluding diaryl/α,β-unsaturated/α-hetero) is 1. The zero-order valence-electron chi connectivity index (χ0n) is 9.89. The molecule has 0 aliphatic heterocycles. The van der Waals surface area contributed by atoms with E-state index in [1.807, 2.05) is 0 Å². The molecule has 0 aromatic carbocycles. The topological polar surface area (TPSA) is 17.1 Å². The van der Waals surface area contributed by atoms with Gasteiger partial charge in [0.15, 0.2) is 0 Å². The van der Waals surface area contributed by atoms with Gasteiger partial charge in [0.25, 0.3) is 0 Å². The zero-order chi connectivity index (χ0) is 10.9. The molecule has 2 unspecified atom stereocenters. The van der Waals surface area contributed by atoms with Crippen LogP contribution in [0.4, 0.5) is 0 Å². The Morgan fingerprint density at radius 2 is 2.14 bits per heavy atom. The van der Waals surface area contributed by atoms with Gasteiger partial charge in [-0.1, -0.05) is 32.9 Å². The fraction of sp³-hybridized carbons (Fsp3) is 0.769. The first-order valence-electron chi connectivity index (χ1n) is 5.52. The molecule has 1 saturated carbocycles. The smallest absolute Gasteiger partial charge is 0.130 e. The maximum atomic E-state index is 11.2. The van der Waals surface area contributed by atoms with Crippen molar-refractivity contribution in [2.45, 2.75) is 47.0 Å². The Labute approximate surface area is 87.6 Å². The number of ketones is 1. The van der Waals surface area contributed by atoms with Gasteiger partial charge in [-0.3, -0.25) is 0 Å². The highest BCUT2D eigenvalue weighted by Crippen LogP contribution is 2.48. The monoisotopic (exact) mass is 194 g/mol. The minimum Gasteiger partial charge on any atom is -0.300 e. The third-order valence-corrected chi connectivity index (χ3v) is 4.05. The summed E-state index contributed by atoms with van der Waals surface area (Å²) in [6.07, 6.45) is 3.00. The van der Waals surface area contributed by atoms with Crippen molar-refractivity contribution in [3.63, 3.8) is 0 Å². The van der Waals surface area contributed by atoms with Crippen LogP contribution in [0.25, 0.3) is 0 Å². The van der Waals surface area contributed by atoms with Crippen molar-refractivity contribution in [2.75, 3.05) is 0 Å². The Kier molecular flexibility index (Phi) is 3.18. The van der Waals surface area contributed by atoms with Gasteiger partial charge in [0.05, 0.1) is 0 Å². The van der Waals surface area contributed by atoms with E-state index in [2.05, 4.69) is 27.4 Å². The molecule has 0 spiro atoms. The van der Waals surface area contributed by atoms with Crippen LogP contribution in [-0.2, 0) is 4.79 Å². The molecule has 0 N–H and O–H groups in total. The van der Waals surface area contributed by atoms with E-state index in [1.54, 1.807) is 6.92 Å². The molecular formula is C13H22O. The number of allylic oxidation sites excluding steroid dienone is 1. The van der Waals surface area contributed by atoms with Gasteiger partial charge in [0.2, 0.25) is 0 Å². The van der Waals surface area contributed by atoms with Crippen molar-refractivity contribution in [2.24, 2.45) is 17.3 Å². The van der Waals surface area contributed by atoms with Crippen LogP contribution >= 0.6 is 0 Å². The van der Waals surface area contributed by atoms with Gasteiger partial charge in [-0.2, -0.15) is 0 Å². The molecule has 14 heavy (non-hydrogen) atoms. The molecule has 0 aromatic heterocycles. The summed E-state index contributed by atoms with van der Waals surface area (Å²) in [5, 5.41) is 0. The van der Waals surface area contributed by atoms with Crippen molar-refractivity contribution in [1.29, 1.82) is 0 Å². The summed E-state index contributed by atoms with van der Waals surface area (Å²) in [4.78, 5) is 11.2. The van der Waals surface area contributed by atoms with E-state index in [1.165, 1.54) is 12.0 Å². The minimum atomic E-state index is 0.237. The number of rotatable bonds is 2. The maximum absolute atomic E-state index is 11.2. The number of hydrogen-bond acceptors (Lipinski definition) is 1. The summed E-state index contributed by atoms with van der Waals surface area (Å²) in [7, 11) is 0. The second-order valence-corrected chi connectivity index (χ2v) is 5.38. The van der Waals surface area contributed by atoms with E-state index in [-0.39, 0.29) is 5.41 Å². The van der Waals surface area contributed by atoms with Crippen molar-refractivity contribution in [3.05, 3.63) is 12.2 Å². The molecule has 0 bridgehead atoms. The zero-order valence-corrected chi connectivity index (χ0v) is 9.89. The van der Waals surface area contributed by atoms with E-state index >= 15 is 0 Å². The summed E-state index contributed by atoms with van der Waals surface area (Å²) < 4.78 is 0. The lowest BCUT2D eigenvalue weighted by atomic mass is 9.60. The second kappa shape index (κ2) is 3.88. The third kappa shape index (κ3) is 2.08. The normalized spacial score (nSPS) is 31.6. The van der Waals surface area contributed by atoms with Gasteiger partial charge >= 0.3 is 0 Å². The maximum Gasteiger partial charge on any atom is 0.130 e. The van der Waals surface area contributed by atoms with E-state index in [4.69, 9.17) is 0 Å². The molecule has 1 fully saturated rings. The number of carbonyl (C=O) groups is 1. The molecule has 1 aliphatic rings. The van der Waals surface area contributed by atoms with Crippen LogP contribution in [-0.4, -0.2) is 5.78 Å². The molecule has 0 heterocycles. The van der Waals surface area contributed by atoms with Gasteiger partial charge in [-0.05, 0) is 37.0 Å². The predicted molar refractivity (Wildman–Crippen MR) is 60.1 cm³/mol. The fourth-order valence-corrected chi connectivity index (χ4v) is 2.51. The van der Waals surface area contributed by atoms with Gasteiger partial charge in [0, 0.05) is 6.42 Å². The summed E-state index contributed by atoms with van der Waals surface area (Å²) in [6.45, 7) is 12.6. The molecule has 1 rings (SSSR count). The van der Waals surface area contributed by atoms with Gasteiger partial charge in [0.1, 0.15) is 5.78 Å². The van der Waals surface area contributed by atoms with Crippen LogP contribution < -0.4 is 0 Å². The van der Waals surface area contributed by atoms with E-state index in [0.29, 0.717) is 24.0 Å².